The Bertz CT molecular complexity index is 4290. The Balaban J connectivity index is 0.000000114. The molecule has 0 unspecified atom stereocenters. The van der Waals surface area contributed by atoms with Gasteiger partial charge in [0.1, 0.15) is 25.5 Å². The van der Waals surface area contributed by atoms with Crippen LogP contribution in [0.3, 0.4) is 0 Å². The second-order valence-electron chi connectivity index (χ2n) is 20.8. The number of fused-ring (bicyclic) bond motifs is 10. The van der Waals surface area contributed by atoms with Crippen LogP contribution in [-0.4, -0.2) is 51.6 Å². The van der Waals surface area contributed by atoms with E-state index in [1.165, 1.54) is 63.0 Å². The van der Waals surface area contributed by atoms with E-state index >= 15 is 0 Å². The van der Waals surface area contributed by atoms with Gasteiger partial charge in [0.25, 0.3) is 0 Å². The quantitative estimate of drug-likeness (QED) is 0.153. The number of aromatic nitrogens is 5. The van der Waals surface area contributed by atoms with Gasteiger partial charge in [-0.15, -0.1) is 22.7 Å². The highest BCUT2D eigenvalue weighted by molar-refractivity contribution is 7.17. The first-order chi connectivity index (χ1) is 46.2. The van der Waals surface area contributed by atoms with Crippen molar-refractivity contribution >= 4 is 87.5 Å². The van der Waals surface area contributed by atoms with Crippen molar-refractivity contribution in [2.75, 3.05) is 26.7 Å². The molecule has 0 amide bonds. The number of hydrogen-bond donors (Lipinski definition) is 2. The van der Waals surface area contributed by atoms with Gasteiger partial charge in [-0.3, -0.25) is 24.9 Å². The third-order valence-corrected chi connectivity index (χ3v) is 16.5. The van der Waals surface area contributed by atoms with Gasteiger partial charge < -0.3 is 33.3 Å². The van der Waals surface area contributed by atoms with Crippen molar-refractivity contribution in [1.82, 2.24) is 24.9 Å². The Kier molecular flexibility index (Phi) is 25.2. The molecule has 0 bridgehead atoms. The van der Waals surface area contributed by atoms with E-state index in [0.29, 0.717) is 26.7 Å². The number of nitrogens with one attached hydrogen (secondary N) is 2. The summed E-state index contributed by atoms with van der Waals surface area (Å²) in [6.45, 7) is 2.30. The van der Waals surface area contributed by atoms with Gasteiger partial charge in [-0.1, -0.05) is 153 Å². The molecule has 10 heterocycles. The molecule has 4 aliphatic rings. The maximum atomic E-state index is 5.30. The standard InChI is InChI=1S/C9H7N.C8H6N2.2C8H7N.C8H8O2.C8H6O.C8H10S.C8H6S.C7H6N2.C7H6O2.CH4/c1-2-6-9-8(4-1)5-3-7-10-9;1-2-4-8-7(3-1)9-5-6-10-8;2*1-2-4-8-7(3-1)5-6-9-8;1-2-4-8-7(3-1)9-5-6-10-8;3*1-2-4-8-7(3-1)5-6-9-8;2*1-2-4-7-6(3-1)8-5-9-7;/h1-7H;1-6H;2*1-6,9H;1-4H,5-6H2;1-6H;5-6H,1-4H2;1-6H;2*1-4H,5H2;1H4. The lowest BCUT2D eigenvalue weighted by Gasteiger charge is -2.17. The Hall–Kier alpha value is -11.2. The first kappa shape index (κ1) is 65.8. The molecule has 1 aliphatic carbocycles. The molecular formula is C80H73N7O5S2. The average molecular weight is 1280 g/mol. The summed E-state index contributed by atoms with van der Waals surface area (Å²) in [5.74, 6) is 3.40. The number of rotatable bonds is 0. The highest BCUT2D eigenvalue weighted by Crippen LogP contribution is 2.31. The molecule has 0 atom stereocenters. The van der Waals surface area contributed by atoms with Crippen molar-refractivity contribution in [1.29, 1.82) is 0 Å². The second kappa shape index (κ2) is 36.0. The van der Waals surface area contributed by atoms with Crippen LogP contribution in [0.2, 0.25) is 0 Å². The summed E-state index contributed by atoms with van der Waals surface area (Å²) in [6, 6.07) is 86.4. The summed E-state index contributed by atoms with van der Waals surface area (Å²) in [5.41, 5.74) is 7.94. The molecule has 0 saturated carbocycles. The average Bonchev–Trinajstić information content (AvgIpc) is 3.64. The number of ether oxygens (including phenoxy) is 4. The van der Waals surface area contributed by atoms with E-state index in [0.717, 1.165) is 61.2 Å². The highest BCUT2D eigenvalue weighted by Gasteiger charge is 2.11. The molecule has 7 aromatic heterocycles. The molecular weight excluding hydrogens is 1200 g/mol. The van der Waals surface area contributed by atoms with Crippen molar-refractivity contribution in [2.45, 2.75) is 33.1 Å². The minimum absolute atomic E-state index is 0. The van der Waals surface area contributed by atoms with Crippen LogP contribution in [0.25, 0.3) is 64.8 Å². The first-order valence-electron chi connectivity index (χ1n) is 30.7. The van der Waals surface area contributed by atoms with Gasteiger partial charge >= 0.3 is 0 Å². The SMILES string of the molecule is C.c1cc2c(s1)CCCC2.c1ccc2[nH]ccc2c1.c1ccc2[nH]ccc2c1.c1ccc2c(c1)=NCN=2.c1ccc2c(c1)OCCO2.c1ccc2c(c1)OCO2.c1ccc2ncccc2c1.c1ccc2nccnc2c1.c1ccc2occc2c1.c1ccc2sccc2c1. The van der Waals surface area contributed by atoms with Gasteiger partial charge in [0.2, 0.25) is 6.79 Å². The molecule has 0 fully saturated rings. The van der Waals surface area contributed by atoms with Crippen LogP contribution in [0.5, 0.6) is 23.0 Å². The highest BCUT2D eigenvalue weighted by atomic mass is 32.1. The van der Waals surface area contributed by atoms with Gasteiger partial charge in [-0.25, -0.2) is 0 Å². The molecule has 470 valence electrons. The van der Waals surface area contributed by atoms with Gasteiger partial charge in [-0.05, 0) is 173 Å². The fraction of sp³-hybridized carbons (Fsp3) is 0.113. The van der Waals surface area contributed by atoms with Crippen LogP contribution >= 0.6 is 22.7 Å². The monoisotopic (exact) mass is 1280 g/mol. The number of benzene rings is 9. The van der Waals surface area contributed by atoms with E-state index in [2.05, 4.69) is 131 Å². The van der Waals surface area contributed by atoms with Crippen LogP contribution in [-0.2, 0) is 12.8 Å². The van der Waals surface area contributed by atoms with E-state index in [-0.39, 0.29) is 7.43 Å². The largest absolute Gasteiger partial charge is 0.486 e. The van der Waals surface area contributed by atoms with Crippen molar-refractivity contribution in [3.63, 3.8) is 0 Å². The van der Waals surface area contributed by atoms with E-state index in [1.807, 2.05) is 206 Å². The van der Waals surface area contributed by atoms with Gasteiger partial charge in [0.15, 0.2) is 23.0 Å². The molecule has 94 heavy (non-hydrogen) atoms. The number of H-pyrrole nitrogens is 2. The number of thiophene rings is 2. The summed E-state index contributed by atoms with van der Waals surface area (Å²) in [6.07, 6.45) is 16.3. The maximum Gasteiger partial charge on any atom is 0.231 e. The smallest absolute Gasteiger partial charge is 0.231 e. The van der Waals surface area contributed by atoms with Crippen molar-refractivity contribution in [3.05, 3.63) is 330 Å². The zero-order chi connectivity index (χ0) is 63.2. The summed E-state index contributed by atoms with van der Waals surface area (Å²) in [7, 11) is 0. The molecule has 16 aromatic rings. The van der Waals surface area contributed by atoms with Gasteiger partial charge in [0.05, 0.1) is 33.5 Å². The van der Waals surface area contributed by atoms with E-state index in [4.69, 9.17) is 23.4 Å². The topological polar surface area (TPSA) is 145 Å². The van der Waals surface area contributed by atoms with Crippen LogP contribution in [0.4, 0.5) is 0 Å². The van der Waals surface area contributed by atoms with E-state index < -0.39 is 0 Å². The maximum absolute atomic E-state index is 5.30. The van der Waals surface area contributed by atoms with Gasteiger partial charge in [-0.2, -0.15) is 0 Å². The van der Waals surface area contributed by atoms with Crippen LogP contribution in [0.15, 0.2) is 323 Å². The third-order valence-electron chi connectivity index (χ3n) is 14.6. The fourth-order valence-electron chi connectivity index (χ4n) is 9.89. The lowest BCUT2D eigenvalue weighted by molar-refractivity contribution is 0.171. The van der Waals surface area contributed by atoms with E-state index in [9.17, 15) is 0 Å². The molecule has 0 radical (unpaired) electrons. The van der Waals surface area contributed by atoms with Crippen molar-refractivity contribution in [2.24, 2.45) is 9.98 Å². The number of hydrogen-bond acceptors (Lipinski definition) is 12. The summed E-state index contributed by atoms with van der Waals surface area (Å²) >= 11 is 3.71. The molecule has 2 N–H and O–H groups in total. The lowest BCUT2D eigenvalue weighted by Crippen LogP contribution is -2.19. The number of furan rings is 1. The molecule has 12 nitrogen and oxygen atoms in total. The molecule has 20 rings (SSSR count). The second-order valence-corrected chi connectivity index (χ2v) is 22.8. The molecule has 9 aromatic carbocycles. The zero-order valence-corrected chi connectivity index (χ0v) is 52.8. The molecule has 3 aliphatic heterocycles. The number of nitrogens with zero attached hydrogens (tertiary/aromatic N) is 5. The molecule has 14 heteroatoms. The molecule has 0 spiro atoms. The van der Waals surface area contributed by atoms with Crippen LogP contribution < -0.4 is 29.7 Å². The minimum atomic E-state index is 0. The number of aromatic amines is 2. The lowest BCUT2D eigenvalue weighted by atomic mass is 10.00. The Morgan fingerprint density at radius 3 is 1.43 bits per heavy atom. The summed E-state index contributed by atoms with van der Waals surface area (Å²) in [5, 5.41) is 12.6. The van der Waals surface area contributed by atoms with Crippen LogP contribution in [0.1, 0.15) is 30.7 Å². The van der Waals surface area contributed by atoms with Gasteiger partial charge in [0, 0.05) is 62.4 Å². The van der Waals surface area contributed by atoms with E-state index in [1.54, 1.807) is 40.4 Å². The predicted molar refractivity (Wildman–Crippen MR) is 387 cm³/mol. The summed E-state index contributed by atoms with van der Waals surface area (Å²) < 4.78 is 27.2. The first-order valence-corrected chi connectivity index (χ1v) is 32.5. The van der Waals surface area contributed by atoms with Crippen molar-refractivity contribution < 1.29 is 23.4 Å². The Morgan fingerprint density at radius 2 is 0.840 bits per heavy atom. The van der Waals surface area contributed by atoms with Crippen LogP contribution in [0, 0.1) is 0 Å². The third kappa shape index (κ3) is 19.7. The Labute approximate surface area is 555 Å². The summed E-state index contributed by atoms with van der Waals surface area (Å²) in [4.78, 5) is 28.6. The number of pyridine rings is 1. The normalized spacial score (nSPS) is 11.9. The zero-order valence-electron chi connectivity index (χ0n) is 51.2. The number of para-hydroxylation sites is 12. The van der Waals surface area contributed by atoms with Crippen molar-refractivity contribution in [3.8, 4) is 23.0 Å². The Morgan fingerprint density at radius 1 is 0.362 bits per heavy atom. The fourth-order valence-corrected chi connectivity index (χ4v) is 11.7. The number of aryl methyl sites for hydroxylation is 2. The predicted octanol–water partition coefficient (Wildman–Crippen LogP) is 19.6. The molecule has 0 saturated heterocycles. The minimum Gasteiger partial charge on any atom is -0.486 e.